The van der Waals surface area contributed by atoms with Gasteiger partial charge in [-0.2, -0.15) is 0 Å². The average molecular weight is 446 g/mol. The van der Waals surface area contributed by atoms with E-state index in [2.05, 4.69) is 4.74 Å². The van der Waals surface area contributed by atoms with Crippen LogP contribution in [0.15, 0.2) is 78.9 Å². The Labute approximate surface area is 193 Å². The number of hydrogen-bond donors (Lipinski definition) is 0. The van der Waals surface area contributed by atoms with Crippen LogP contribution < -0.4 is 9.47 Å². The van der Waals surface area contributed by atoms with E-state index in [1.54, 1.807) is 24.3 Å². The summed E-state index contributed by atoms with van der Waals surface area (Å²) >= 11 is 0. The van der Waals surface area contributed by atoms with Crippen molar-refractivity contribution in [2.24, 2.45) is 0 Å². The van der Waals surface area contributed by atoms with E-state index in [0.717, 1.165) is 22.4 Å². The highest BCUT2D eigenvalue weighted by atomic mass is 16.5. The van der Waals surface area contributed by atoms with Crippen LogP contribution in [0.1, 0.15) is 22.3 Å². The molecule has 33 heavy (non-hydrogen) atoms. The lowest BCUT2D eigenvalue weighted by Crippen LogP contribution is -2.07. The molecule has 0 aromatic heterocycles. The van der Waals surface area contributed by atoms with Gasteiger partial charge in [0, 0.05) is 11.6 Å². The summed E-state index contributed by atoms with van der Waals surface area (Å²) in [7, 11) is 2.65. The molecule has 6 nitrogen and oxygen atoms in total. The Balaban J connectivity index is 1.64. The maximum atomic E-state index is 11.8. The summed E-state index contributed by atoms with van der Waals surface area (Å²) < 4.78 is 21.2. The van der Waals surface area contributed by atoms with E-state index in [1.807, 2.05) is 54.6 Å². The van der Waals surface area contributed by atoms with E-state index in [9.17, 15) is 9.59 Å². The highest BCUT2D eigenvalue weighted by Gasteiger charge is 2.11. The van der Waals surface area contributed by atoms with Gasteiger partial charge in [0.15, 0.2) is 0 Å². The highest BCUT2D eigenvalue weighted by molar-refractivity contribution is 5.87. The van der Waals surface area contributed by atoms with Crippen LogP contribution in [0.25, 0.3) is 6.08 Å². The Bertz CT molecular complexity index is 1090. The van der Waals surface area contributed by atoms with Crippen molar-refractivity contribution in [1.29, 1.82) is 0 Å². The molecule has 0 aliphatic rings. The third-order valence-corrected chi connectivity index (χ3v) is 4.83. The lowest BCUT2D eigenvalue weighted by atomic mass is 10.1. The molecule has 0 aliphatic heterocycles. The van der Waals surface area contributed by atoms with Crippen LogP contribution in [0.3, 0.4) is 0 Å². The summed E-state index contributed by atoms with van der Waals surface area (Å²) in [5.74, 6) is 0.505. The van der Waals surface area contributed by atoms with Gasteiger partial charge in [0.2, 0.25) is 0 Å². The SMILES string of the molecule is COC(=O)/C=C/c1ccc(OCc2ccc(OCc3ccccc3)cc2)c(CC(=O)OC)c1. The molecule has 3 rings (SSSR count). The average Bonchev–Trinajstić information content (AvgIpc) is 2.86. The van der Waals surface area contributed by atoms with Crippen LogP contribution >= 0.6 is 0 Å². The molecule has 0 spiro atoms. The first-order chi connectivity index (χ1) is 16.1. The Morgan fingerprint density at radius 3 is 2.18 bits per heavy atom. The second kappa shape index (κ2) is 12.1. The summed E-state index contributed by atoms with van der Waals surface area (Å²) in [6, 6.07) is 23.0. The van der Waals surface area contributed by atoms with E-state index in [1.165, 1.54) is 20.3 Å². The number of carbonyl (C=O) groups is 2. The van der Waals surface area contributed by atoms with Crippen molar-refractivity contribution in [2.75, 3.05) is 14.2 Å². The number of benzene rings is 3. The van der Waals surface area contributed by atoms with Gasteiger partial charge >= 0.3 is 11.9 Å². The molecule has 170 valence electrons. The third-order valence-electron chi connectivity index (χ3n) is 4.83. The van der Waals surface area contributed by atoms with Crippen LogP contribution in [0.4, 0.5) is 0 Å². The first kappa shape index (κ1) is 23.6. The van der Waals surface area contributed by atoms with Gasteiger partial charge in [0.1, 0.15) is 24.7 Å². The van der Waals surface area contributed by atoms with E-state index in [4.69, 9.17) is 14.2 Å². The van der Waals surface area contributed by atoms with Crippen molar-refractivity contribution in [3.63, 3.8) is 0 Å². The second-order valence-electron chi connectivity index (χ2n) is 7.18. The first-order valence-electron chi connectivity index (χ1n) is 10.4. The number of carbonyl (C=O) groups excluding carboxylic acids is 2. The van der Waals surface area contributed by atoms with Gasteiger partial charge in [-0.25, -0.2) is 4.79 Å². The highest BCUT2D eigenvalue weighted by Crippen LogP contribution is 2.24. The van der Waals surface area contributed by atoms with E-state index in [-0.39, 0.29) is 12.4 Å². The van der Waals surface area contributed by atoms with E-state index in [0.29, 0.717) is 24.5 Å². The van der Waals surface area contributed by atoms with E-state index >= 15 is 0 Å². The van der Waals surface area contributed by atoms with Crippen molar-refractivity contribution >= 4 is 18.0 Å². The summed E-state index contributed by atoms with van der Waals surface area (Å²) in [6.45, 7) is 0.828. The maximum absolute atomic E-state index is 11.8. The zero-order chi connectivity index (χ0) is 23.5. The number of hydrogen-bond acceptors (Lipinski definition) is 6. The fraction of sp³-hybridized carbons (Fsp3) is 0.185. The molecule has 0 bridgehead atoms. The molecular weight excluding hydrogens is 420 g/mol. The molecule has 0 radical (unpaired) electrons. The molecule has 3 aromatic rings. The summed E-state index contributed by atoms with van der Waals surface area (Å²) in [5, 5.41) is 0. The molecule has 0 saturated heterocycles. The predicted octanol–water partition coefficient (Wildman–Crippen LogP) is 4.75. The lowest BCUT2D eigenvalue weighted by molar-refractivity contribution is -0.140. The Kier molecular flexibility index (Phi) is 8.65. The molecule has 0 N–H and O–H groups in total. The molecule has 0 heterocycles. The van der Waals surface area contributed by atoms with Crippen LogP contribution in [0.5, 0.6) is 11.5 Å². The largest absolute Gasteiger partial charge is 0.489 e. The van der Waals surface area contributed by atoms with Gasteiger partial charge in [0.05, 0.1) is 20.6 Å². The van der Waals surface area contributed by atoms with Gasteiger partial charge in [-0.15, -0.1) is 0 Å². The van der Waals surface area contributed by atoms with Crippen LogP contribution in [0.2, 0.25) is 0 Å². The number of esters is 2. The fourth-order valence-electron chi connectivity index (χ4n) is 3.03. The smallest absolute Gasteiger partial charge is 0.330 e. The molecule has 0 fully saturated rings. The van der Waals surface area contributed by atoms with Crippen LogP contribution in [0, 0.1) is 0 Å². The van der Waals surface area contributed by atoms with Gasteiger partial charge in [-0.05, 0) is 47.0 Å². The molecular formula is C27H26O6. The Morgan fingerprint density at radius 2 is 1.48 bits per heavy atom. The topological polar surface area (TPSA) is 71.1 Å². The molecule has 3 aromatic carbocycles. The maximum Gasteiger partial charge on any atom is 0.330 e. The molecule has 0 unspecified atom stereocenters. The quantitative estimate of drug-likeness (QED) is 0.331. The summed E-state index contributed by atoms with van der Waals surface area (Å²) in [5.41, 5.74) is 3.47. The molecule has 0 saturated carbocycles. The van der Waals surface area contributed by atoms with E-state index < -0.39 is 5.97 Å². The molecule has 6 heteroatoms. The second-order valence-corrected chi connectivity index (χ2v) is 7.18. The monoisotopic (exact) mass is 446 g/mol. The van der Waals surface area contributed by atoms with Gasteiger partial charge in [-0.1, -0.05) is 48.5 Å². The third kappa shape index (κ3) is 7.54. The molecule has 0 amide bonds. The minimum absolute atomic E-state index is 0.0536. The standard InChI is InChI=1S/C27H26O6/c1-30-26(28)15-11-20-10-14-25(23(16-20)17-27(29)31-2)33-19-22-8-12-24(13-9-22)32-18-21-6-4-3-5-7-21/h3-16H,17-19H2,1-2H3/b15-11+. The summed E-state index contributed by atoms with van der Waals surface area (Å²) in [6.07, 6.45) is 2.99. The minimum atomic E-state index is -0.457. The number of ether oxygens (including phenoxy) is 4. The van der Waals surface area contributed by atoms with Gasteiger partial charge in [0.25, 0.3) is 0 Å². The van der Waals surface area contributed by atoms with Crippen LogP contribution in [-0.4, -0.2) is 26.2 Å². The minimum Gasteiger partial charge on any atom is -0.489 e. The van der Waals surface area contributed by atoms with Crippen molar-refractivity contribution in [1.82, 2.24) is 0 Å². The van der Waals surface area contributed by atoms with Crippen LogP contribution in [-0.2, 0) is 38.7 Å². The Hall–Kier alpha value is -4.06. The van der Waals surface area contributed by atoms with Gasteiger partial charge in [-0.3, -0.25) is 4.79 Å². The predicted molar refractivity (Wildman–Crippen MR) is 125 cm³/mol. The number of methoxy groups -OCH3 is 2. The normalized spacial score (nSPS) is 10.6. The van der Waals surface area contributed by atoms with Crippen molar-refractivity contribution in [3.05, 3.63) is 101 Å². The molecule has 0 aliphatic carbocycles. The zero-order valence-electron chi connectivity index (χ0n) is 18.7. The first-order valence-corrected chi connectivity index (χ1v) is 10.4. The summed E-state index contributed by atoms with van der Waals surface area (Å²) in [4.78, 5) is 23.2. The zero-order valence-corrected chi connectivity index (χ0v) is 18.7. The lowest BCUT2D eigenvalue weighted by Gasteiger charge is -2.13. The number of rotatable bonds is 10. The van der Waals surface area contributed by atoms with Crippen molar-refractivity contribution in [3.8, 4) is 11.5 Å². The van der Waals surface area contributed by atoms with Crippen molar-refractivity contribution in [2.45, 2.75) is 19.6 Å². The van der Waals surface area contributed by atoms with Gasteiger partial charge < -0.3 is 18.9 Å². The van der Waals surface area contributed by atoms with Crippen molar-refractivity contribution < 1.29 is 28.5 Å². The molecule has 0 atom stereocenters. The fourth-order valence-corrected chi connectivity index (χ4v) is 3.03. The Morgan fingerprint density at radius 1 is 0.788 bits per heavy atom.